The van der Waals surface area contributed by atoms with E-state index in [1.165, 1.54) is 0 Å². The van der Waals surface area contributed by atoms with E-state index in [1.54, 1.807) is 0 Å². The Hall–Kier alpha value is -0.850. The van der Waals surface area contributed by atoms with Crippen LogP contribution in [-0.4, -0.2) is 6.29 Å². The second-order valence-corrected chi connectivity index (χ2v) is 3.03. The molecule has 0 aromatic carbocycles. The molecule has 0 aromatic rings. The highest BCUT2D eigenvalue weighted by atomic mass is 16.1. The molecule has 0 fully saturated rings. The minimum absolute atomic E-state index is 0.395. The summed E-state index contributed by atoms with van der Waals surface area (Å²) < 4.78 is 0. The van der Waals surface area contributed by atoms with Crippen LogP contribution in [0.2, 0.25) is 0 Å². The van der Waals surface area contributed by atoms with Crippen molar-refractivity contribution in [3.63, 3.8) is 0 Å². The average molecular weight is 166 g/mol. The van der Waals surface area contributed by atoms with E-state index in [2.05, 4.69) is 25.7 Å². The molecule has 0 rings (SSSR count). The molecule has 1 unspecified atom stereocenters. The number of carbonyl (C=O) groups excluding carboxylic acids is 1. The van der Waals surface area contributed by atoms with E-state index in [0.717, 1.165) is 25.5 Å². The predicted octanol–water partition coefficient (Wildman–Crippen LogP) is 3.12. The third-order valence-electron chi connectivity index (χ3n) is 1.71. The molecule has 0 radical (unpaired) electrons. The van der Waals surface area contributed by atoms with Crippen molar-refractivity contribution < 1.29 is 4.79 Å². The van der Waals surface area contributed by atoms with E-state index >= 15 is 0 Å². The van der Waals surface area contributed by atoms with Crippen LogP contribution in [0.3, 0.4) is 0 Å². The molecule has 68 valence electrons. The van der Waals surface area contributed by atoms with Gasteiger partial charge in [0.15, 0.2) is 0 Å². The van der Waals surface area contributed by atoms with E-state index in [1.807, 2.05) is 6.08 Å². The molecule has 0 N–H and O–H groups in total. The van der Waals surface area contributed by atoms with Crippen molar-refractivity contribution in [1.82, 2.24) is 0 Å². The highest BCUT2D eigenvalue weighted by molar-refractivity contribution is 5.50. The minimum atomic E-state index is 0.395. The summed E-state index contributed by atoms with van der Waals surface area (Å²) in [6.07, 6.45) is 11.1. The van der Waals surface area contributed by atoms with Gasteiger partial charge in [0.1, 0.15) is 6.29 Å². The lowest BCUT2D eigenvalue weighted by Gasteiger charge is -1.97. The number of rotatable bonds is 7. The smallest absolute Gasteiger partial charge is 0.120 e. The molecule has 0 spiro atoms. The van der Waals surface area contributed by atoms with Crippen molar-refractivity contribution in [2.24, 2.45) is 5.92 Å². The van der Waals surface area contributed by atoms with Crippen molar-refractivity contribution in [3.05, 3.63) is 24.8 Å². The summed E-state index contributed by atoms with van der Waals surface area (Å²) in [5.74, 6) is 0.395. The summed E-state index contributed by atoms with van der Waals surface area (Å²) in [7, 11) is 0. The molecule has 0 saturated carbocycles. The molecular weight excluding hydrogens is 148 g/mol. The van der Waals surface area contributed by atoms with E-state index in [0.29, 0.717) is 12.3 Å². The van der Waals surface area contributed by atoms with Crippen molar-refractivity contribution in [2.45, 2.75) is 32.6 Å². The molecule has 1 heteroatoms. The second-order valence-electron chi connectivity index (χ2n) is 3.03. The first-order valence-corrected chi connectivity index (χ1v) is 4.52. The van der Waals surface area contributed by atoms with Crippen LogP contribution in [0.1, 0.15) is 32.6 Å². The fourth-order valence-electron chi connectivity index (χ4n) is 0.939. The van der Waals surface area contributed by atoms with Gasteiger partial charge in [0.2, 0.25) is 0 Å². The maximum absolute atomic E-state index is 10.1. The number of carbonyl (C=O) groups is 1. The summed E-state index contributed by atoms with van der Waals surface area (Å²) in [5, 5.41) is 0. The molecule has 1 nitrogen and oxygen atoms in total. The summed E-state index contributed by atoms with van der Waals surface area (Å²) in [4.78, 5) is 10.1. The topological polar surface area (TPSA) is 17.1 Å². The summed E-state index contributed by atoms with van der Waals surface area (Å²) >= 11 is 0. The largest absolute Gasteiger partial charge is 0.303 e. The van der Waals surface area contributed by atoms with E-state index < -0.39 is 0 Å². The summed E-state index contributed by atoms with van der Waals surface area (Å²) in [6, 6.07) is 0. The van der Waals surface area contributed by atoms with Gasteiger partial charge in [-0.1, -0.05) is 25.2 Å². The molecule has 0 bridgehead atoms. The quantitative estimate of drug-likeness (QED) is 0.322. The summed E-state index contributed by atoms with van der Waals surface area (Å²) in [6.45, 7) is 5.71. The number of allylic oxidation sites excluding steroid dienone is 3. The molecule has 12 heavy (non-hydrogen) atoms. The molecule has 0 aliphatic carbocycles. The Bertz CT molecular complexity index is 147. The van der Waals surface area contributed by atoms with Crippen LogP contribution in [0.5, 0.6) is 0 Å². The molecular formula is C11H18O. The van der Waals surface area contributed by atoms with Gasteiger partial charge in [-0.3, -0.25) is 0 Å². The Kier molecular flexibility index (Phi) is 7.66. The van der Waals surface area contributed by atoms with E-state index in [4.69, 9.17) is 0 Å². The zero-order chi connectivity index (χ0) is 9.23. The van der Waals surface area contributed by atoms with Crippen molar-refractivity contribution in [2.75, 3.05) is 0 Å². The van der Waals surface area contributed by atoms with Crippen LogP contribution in [0.4, 0.5) is 0 Å². The SMILES string of the molecule is C=CCCC/C=C/C(C)CC=O. The standard InChI is InChI=1S/C11H18O/c1-3-4-5-6-7-8-11(2)9-10-12/h3,7-8,10-11H,1,4-6,9H2,2H3/b8-7+. The zero-order valence-corrected chi connectivity index (χ0v) is 7.83. The van der Waals surface area contributed by atoms with Crippen molar-refractivity contribution in [3.8, 4) is 0 Å². The van der Waals surface area contributed by atoms with Crippen molar-refractivity contribution in [1.29, 1.82) is 0 Å². The molecule has 0 amide bonds. The number of aldehydes is 1. The lowest BCUT2D eigenvalue weighted by atomic mass is 10.1. The first-order valence-electron chi connectivity index (χ1n) is 4.52. The Morgan fingerprint density at radius 3 is 2.75 bits per heavy atom. The molecule has 0 heterocycles. The van der Waals surface area contributed by atoms with Gasteiger partial charge in [0.25, 0.3) is 0 Å². The van der Waals surface area contributed by atoms with Gasteiger partial charge in [-0.25, -0.2) is 0 Å². The number of hydrogen-bond acceptors (Lipinski definition) is 1. The van der Waals surface area contributed by atoms with Crippen LogP contribution in [0, 0.1) is 5.92 Å². The van der Waals surface area contributed by atoms with Crippen LogP contribution < -0.4 is 0 Å². The van der Waals surface area contributed by atoms with Crippen LogP contribution in [0.25, 0.3) is 0 Å². The lowest BCUT2D eigenvalue weighted by molar-refractivity contribution is -0.108. The van der Waals surface area contributed by atoms with Gasteiger partial charge in [-0.05, 0) is 25.2 Å². The van der Waals surface area contributed by atoms with Gasteiger partial charge in [0.05, 0.1) is 0 Å². The minimum Gasteiger partial charge on any atom is -0.303 e. The van der Waals surface area contributed by atoms with E-state index in [9.17, 15) is 4.79 Å². The lowest BCUT2D eigenvalue weighted by Crippen LogP contribution is -1.89. The Morgan fingerprint density at radius 2 is 2.17 bits per heavy atom. The normalized spacial score (nSPS) is 13.1. The Labute approximate surface area is 75.2 Å². The highest BCUT2D eigenvalue weighted by Gasteiger charge is 1.92. The summed E-state index contributed by atoms with van der Waals surface area (Å²) in [5.41, 5.74) is 0. The van der Waals surface area contributed by atoms with Gasteiger partial charge in [-0.15, -0.1) is 6.58 Å². The number of hydrogen-bond donors (Lipinski definition) is 0. The van der Waals surface area contributed by atoms with E-state index in [-0.39, 0.29) is 0 Å². The van der Waals surface area contributed by atoms with Gasteiger partial charge in [-0.2, -0.15) is 0 Å². The Balaban J connectivity index is 3.33. The Morgan fingerprint density at radius 1 is 1.42 bits per heavy atom. The van der Waals surface area contributed by atoms with Crippen LogP contribution in [0.15, 0.2) is 24.8 Å². The van der Waals surface area contributed by atoms with Crippen molar-refractivity contribution >= 4 is 6.29 Å². The first kappa shape index (κ1) is 11.2. The second kappa shape index (κ2) is 8.25. The van der Waals surface area contributed by atoms with Gasteiger partial charge < -0.3 is 4.79 Å². The molecule has 0 aliphatic rings. The molecule has 1 atom stereocenters. The van der Waals surface area contributed by atoms with Crippen LogP contribution >= 0.6 is 0 Å². The average Bonchev–Trinajstić information content (AvgIpc) is 2.05. The maximum atomic E-state index is 10.1. The molecule has 0 aromatic heterocycles. The highest BCUT2D eigenvalue weighted by Crippen LogP contribution is 2.03. The fraction of sp³-hybridized carbons (Fsp3) is 0.545. The third kappa shape index (κ3) is 7.26. The predicted molar refractivity (Wildman–Crippen MR) is 53.0 cm³/mol. The fourth-order valence-corrected chi connectivity index (χ4v) is 0.939. The molecule has 0 aliphatic heterocycles. The molecule has 0 saturated heterocycles. The third-order valence-corrected chi connectivity index (χ3v) is 1.71. The van der Waals surface area contributed by atoms with Gasteiger partial charge >= 0.3 is 0 Å². The first-order chi connectivity index (χ1) is 5.81. The van der Waals surface area contributed by atoms with Gasteiger partial charge in [0, 0.05) is 6.42 Å². The monoisotopic (exact) mass is 166 g/mol. The van der Waals surface area contributed by atoms with Crippen LogP contribution in [-0.2, 0) is 4.79 Å². The zero-order valence-electron chi connectivity index (χ0n) is 7.83. The number of unbranched alkanes of at least 4 members (excludes halogenated alkanes) is 2. The maximum Gasteiger partial charge on any atom is 0.120 e.